The highest BCUT2D eigenvalue weighted by atomic mass is 16.6. The minimum atomic E-state index is -0.754. The van der Waals surface area contributed by atoms with Crippen LogP contribution >= 0.6 is 0 Å². The Labute approximate surface area is 81.7 Å². The summed E-state index contributed by atoms with van der Waals surface area (Å²) in [7, 11) is 0. The summed E-state index contributed by atoms with van der Waals surface area (Å²) < 4.78 is 5.19. The van der Waals surface area contributed by atoms with Gasteiger partial charge >= 0.3 is 0 Å². The number of aliphatic hydroxyl groups excluding tert-OH is 1. The zero-order valence-electron chi connectivity index (χ0n) is 7.60. The molecular weight excluding hydrogens is 176 g/mol. The van der Waals surface area contributed by atoms with Gasteiger partial charge in [-0.2, -0.15) is 0 Å². The van der Waals surface area contributed by atoms with Gasteiger partial charge in [-0.05, 0) is 16.3 Å². The topological polar surface area (TPSA) is 29.5 Å². The molecule has 2 nitrogen and oxygen atoms in total. The van der Waals surface area contributed by atoms with Crippen molar-refractivity contribution in [1.29, 1.82) is 0 Å². The maximum atomic E-state index is 9.66. The van der Waals surface area contributed by atoms with Crippen LogP contribution in [0.15, 0.2) is 36.4 Å². The zero-order valence-corrected chi connectivity index (χ0v) is 7.60. The predicted molar refractivity (Wildman–Crippen MR) is 53.7 cm³/mol. The Hall–Kier alpha value is -1.38. The standard InChI is InChI=1S/C12H10O2/c13-12-11-9(7-14-12)6-5-8-3-1-2-4-10(8)11/h1-6,12-13H,7H2. The third kappa shape index (κ3) is 0.983. The van der Waals surface area contributed by atoms with E-state index in [1.807, 2.05) is 30.3 Å². The van der Waals surface area contributed by atoms with Crippen molar-refractivity contribution in [3.63, 3.8) is 0 Å². The Kier molecular flexibility index (Phi) is 1.60. The van der Waals surface area contributed by atoms with E-state index in [0.717, 1.165) is 21.9 Å². The number of hydrogen-bond acceptors (Lipinski definition) is 2. The van der Waals surface area contributed by atoms with Gasteiger partial charge in [0, 0.05) is 5.56 Å². The Balaban J connectivity index is 2.41. The summed E-state index contributed by atoms with van der Waals surface area (Å²) in [6, 6.07) is 12.1. The first kappa shape index (κ1) is 7.97. The highest BCUT2D eigenvalue weighted by Gasteiger charge is 2.22. The fraction of sp³-hybridized carbons (Fsp3) is 0.167. The lowest BCUT2D eigenvalue weighted by molar-refractivity contribution is -0.0911. The molecule has 0 aromatic heterocycles. The summed E-state index contributed by atoms with van der Waals surface area (Å²) in [5.41, 5.74) is 2.03. The van der Waals surface area contributed by atoms with E-state index >= 15 is 0 Å². The van der Waals surface area contributed by atoms with Crippen molar-refractivity contribution >= 4 is 10.8 Å². The maximum Gasteiger partial charge on any atom is 0.182 e. The number of rotatable bonds is 0. The van der Waals surface area contributed by atoms with Gasteiger partial charge in [0.2, 0.25) is 0 Å². The van der Waals surface area contributed by atoms with Crippen molar-refractivity contribution in [3.8, 4) is 0 Å². The minimum Gasteiger partial charge on any atom is -0.364 e. The Morgan fingerprint density at radius 3 is 2.93 bits per heavy atom. The van der Waals surface area contributed by atoms with E-state index < -0.39 is 6.29 Å². The number of aliphatic hydroxyl groups is 1. The van der Waals surface area contributed by atoms with Crippen molar-refractivity contribution in [2.45, 2.75) is 12.9 Å². The molecule has 1 heterocycles. The van der Waals surface area contributed by atoms with Crippen molar-refractivity contribution in [3.05, 3.63) is 47.5 Å². The van der Waals surface area contributed by atoms with Crippen LogP contribution in [0, 0.1) is 0 Å². The number of benzene rings is 2. The normalized spacial score (nSPS) is 19.9. The van der Waals surface area contributed by atoms with Gasteiger partial charge in [0.05, 0.1) is 6.61 Å². The van der Waals surface area contributed by atoms with Crippen molar-refractivity contribution < 1.29 is 9.84 Å². The van der Waals surface area contributed by atoms with E-state index in [2.05, 4.69) is 6.07 Å². The van der Waals surface area contributed by atoms with Crippen LogP contribution < -0.4 is 0 Å². The third-order valence-electron chi connectivity index (χ3n) is 2.70. The first-order chi connectivity index (χ1) is 6.86. The second-order valence-electron chi connectivity index (χ2n) is 3.52. The van der Waals surface area contributed by atoms with Crippen LogP contribution in [0.1, 0.15) is 17.4 Å². The fourth-order valence-corrected chi connectivity index (χ4v) is 2.01. The molecule has 1 unspecified atom stereocenters. The number of hydrogen-bond donors (Lipinski definition) is 1. The molecule has 1 aliphatic rings. The average molecular weight is 186 g/mol. The molecule has 1 aliphatic heterocycles. The van der Waals surface area contributed by atoms with Gasteiger partial charge < -0.3 is 9.84 Å². The molecule has 0 spiro atoms. The molecule has 3 rings (SSSR count). The SMILES string of the molecule is OC1OCc2ccc3ccccc3c21. The molecule has 14 heavy (non-hydrogen) atoms. The van der Waals surface area contributed by atoms with E-state index in [1.54, 1.807) is 0 Å². The van der Waals surface area contributed by atoms with Gasteiger partial charge in [0.1, 0.15) is 0 Å². The van der Waals surface area contributed by atoms with Gasteiger partial charge in [-0.25, -0.2) is 0 Å². The van der Waals surface area contributed by atoms with Crippen molar-refractivity contribution in [2.75, 3.05) is 0 Å². The van der Waals surface area contributed by atoms with Crippen LogP contribution in [-0.2, 0) is 11.3 Å². The van der Waals surface area contributed by atoms with Crippen LogP contribution in [0.4, 0.5) is 0 Å². The first-order valence-electron chi connectivity index (χ1n) is 4.66. The highest BCUT2D eigenvalue weighted by molar-refractivity contribution is 5.87. The van der Waals surface area contributed by atoms with E-state index in [9.17, 15) is 5.11 Å². The molecule has 2 aromatic carbocycles. The van der Waals surface area contributed by atoms with Gasteiger partial charge in [-0.1, -0.05) is 36.4 Å². The smallest absolute Gasteiger partial charge is 0.182 e. The molecule has 0 radical (unpaired) electrons. The van der Waals surface area contributed by atoms with Gasteiger partial charge in [-0.3, -0.25) is 0 Å². The maximum absolute atomic E-state index is 9.66. The highest BCUT2D eigenvalue weighted by Crippen LogP contribution is 2.34. The lowest BCUT2D eigenvalue weighted by Gasteiger charge is -2.06. The molecule has 2 aromatic rings. The Morgan fingerprint density at radius 2 is 2.00 bits per heavy atom. The van der Waals surface area contributed by atoms with Crippen LogP contribution in [0.5, 0.6) is 0 Å². The predicted octanol–water partition coefficient (Wildman–Crippen LogP) is 2.36. The largest absolute Gasteiger partial charge is 0.364 e. The van der Waals surface area contributed by atoms with Crippen LogP contribution in [0.25, 0.3) is 10.8 Å². The van der Waals surface area contributed by atoms with Crippen LogP contribution in [0.2, 0.25) is 0 Å². The van der Waals surface area contributed by atoms with Gasteiger partial charge in [0.15, 0.2) is 6.29 Å². The molecule has 0 saturated carbocycles. The molecule has 70 valence electrons. The lowest BCUT2D eigenvalue weighted by atomic mass is 10.0. The molecule has 1 atom stereocenters. The van der Waals surface area contributed by atoms with E-state index in [1.165, 1.54) is 0 Å². The van der Waals surface area contributed by atoms with Gasteiger partial charge in [0.25, 0.3) is 0 Å². The Morgan fingerprint density at radius 1 is 1.14 bits per heavy atom. The molecule has 0 bridgehead atoms. The zero-order chi connectivity index (χ0) is 9.54. The quantitative estimate of drug-likeness (QED) is 0.684. The minimum absolute atomic E-state index is 0.515. The van der Waals surface area contributed by atoms with Crippen molar-refractivity contribution in [2.24, 2.45) is 0 Å². The summed E-state index contributed by atoms with van der Waals surface area (Å²) in [5, 5.41) is 11.9. The van der Waals surface area contributed by atoms with Crippen LogP contribution in [0.3, 0.4) is 0 Å². The molecule has 1 N–H and O–H groups in total. The molecule has 0 saturated heterocycles. The summed E-state index contributed by atoms with van der Waals surface area (Å²) in [6.45, 7) is 0.515. The molecular formula is C12H10O2. The molecule has 2 heteroatoms. The number of ether oxygens (including phenoxy) is 1. The Bertz CT molecular complexity index is 491. The molecule has 0 amide bonds. The van der Waals surface area contributed by atoms with Crippen LogP contribution in [-0.4, -0.2) is 5.11 Å². The monoisotopic (exact) mass is 186 g/mol. The second-order valence-corrected chi connectivity index (χ2v) is 3.52. The number of fused-ring (bicyclic) bond motifs is 3. The summed E-state index contributed by atoms with van der Waals surface area (Å²) in [6.07, 6.45) is -0.754. The summed E-state index contributed by atoms with van der Waals surface area (Å²) >= 11 is 0. The van der Waals surface area contributed by atoms with E-state index in [0.29, 0.717) is 6.61 Å². The summed E-state index contributed by atoms with van der Waals surface area (Å²) in [4.78, 5) is 0. The van der Waals surface area contributed by atoms with Gasteiger partial charge in [-0.15, -0.1) is 0 Å². The summed E-state index contributed by atoms with van der Waals surface area (Å²) in [5.74, 6) is 0. The molecule has 0 aliphatic carbocycles. The third-order valence-corrected chi connectivity index (χ3v) is 2.70. The first-order valence-corrected chi connectivity index (χ1v) is 4.66. The van der Waals surface area contributed by atoms with E-state index in [4.69, 9.17) is 4.74 Å². The molecule has 0 fully saturated rings. The average Bonchev–Trinajstić information content (AvgIpc) is 2.61. The van der Waals surface area contributed by atoms with E-state index in [-0.39, 0.29) is 0 Å². The van der Waals surface area contributed by atoms with Crippen molar-refractivity contribution in [1.82, 2.24) is 0 Å². The second kappa shape index (κ2) is 2.80. The lowest BCUT2D eigenvalue weighted by Crippen LogP contribution is -1.93. The fourth-order valence-electron chi connectivity index (χ4n) is 2.01.